The van der Waals surface area contributed by atoms with Crippen molar-refractivity contribution in [3.8, 4) is 0 Å². The van der Waals surface area contributed by atoms with Crippen molar-refractivity contribution in [2.45, 2.75) is 32.7 Å². The van der Waals surface area contributed by atoms with Gasteiger partial charge in [-0.15, -0.1) is 10.2 Å². The Hall–Kier alpha value is -0.940. The van der Waals surface area contributed by atoms with Gasteiger partial charge in [0, 0.05) is 20.0 Å². The van der Waals surface area contributed by atoms with Crippen LogP contribution >= 0.6 is 0 Å². The molecule has 0 saturated carbocycles. The highest BCUT2D eigenvalue weighted by Crippen LogP contribution is 2.07. The van der Waals surface area contributed by atoms with Crippen LogP contribution in [0.1, 0.15) is 31.0 Å². The summed E-state index contributed by atoms with van der Waals surface area (Å²) in [5.41, 5.74) is 0. The molecule has 1 N–H and O–H groups in total. The summed E-state index contributed by atoms with van der Waals surface area (Å²) in [5.74, 6) is 1.31. The second kappa shape index (κ2) is 5.96. The first kappa shape index (κ1) is 11.5. The second-order valence-corrected chi connectivity index (χ2v) is 4.29. The molecule has 5 nitrogen and oxygen atoms in total. The molecule has 1 saturated heterocycles. The Morgan fingerprint density at radius 2 is 2.06 bits per heavy atom. The highest BCUT2D eigenvalue weighted by atomic mass is 16.4. The molecule has 16 heavy (non-hydrogen) atoms. The molecule has 1 aliphatic rings. The standard InChI is InChI=1S/C11H20N4O/c1-10-13-14-11(16-10)9-12-5-8-15-6-3-2-4-7-15/h12H,2-9H2,1H3. The SMILES string of the molecule is Cc1nnc(CNCCN2CCCCC2)o1. The minimum atomic E-state index is 0.632. The summed E-state index contributed by atoms with van der Waals surface area (Å²) < 4.78 is 5.28. The maximum atomic E-state index is 5.28. The summed E-state index contributed by atoms with van der Waals surface area (Å²) in [6, 6.07) is 0. The van der Waals surface area contributed by atoms with E-state index in [0.717, 1.165) is 13.1 Å². The zero-order chi connectivity index (χ0) is 11.2. The molecular formula is C11H20N4O. The van der Waals surface area contributed by atoms with Crippen molar-refractivity contribution in [3.05, 3.63) is 11.8 Å². The molecule has 0 unspecified atom stereocenters. The summed E-state index contributed by atoms with van der Waals surface area (Å²) in [4.78, 5) is 2.51. The Bertz CT molecular complexity index is 307. The van der Waals surface area contributed by atoms with Gasteiger partial charge >= 0.3 is 0 Å². The van der Waals surface area contributed by atoms with Crippen LogP contribution in [0.25, 0.3) is 0 Å². The quantitative estimate of drug-likeness (QED) is 0.755. The molecule has 1 aliphatic heterocycles. The average Bonchev–Trinajstić information content (AvgIpc) is 2.72. The molecular weight excluding hydrogens is 204 g/mol. The molecule has 1 fully saturated rings. The van der Waals surface area contributed by atoms with Gasteiger partial charge in [-0.1, -0.05) is 6.42 Å². The van der Waals surface area contributed by atoms with Crippen molar-refractivity contribution in [1.29, 1.82) is 0 Å². The van der Waals surface area contributed by atoms with E-state index in [-0.39, 0.29) is 0 Å². The van der Waals surface area contributed by atoms with E-state index in [1.54, 1.807) is 0 Å². The van der Waals surface area contributed by atoms with Gasteiger partial charge in [-0.3, -0.25) is 0 Å². The van der Waals surface area contributed by atoms with Gasteiger partial charge in [0.2, 0.25) is 11.8 Å². The van der Waals surface area contributed by atoms with E-state index in [4.69, 9.17) is 4.42 Å². The van der Waals surface area contributed by atoms with Crippen molar-refractivity contribution in [1.82, 2.24) is 20.4 Å². The van der Waals surface area contributed by atoms with Crippen molar-refractivity contribution in [3.63, 3.8) is 0 Å². The molecule has 0 bridgehead atoms. The highest BCUT2D eigenvalue weighted by Gasteiger charge is 2.09. The zero-order valence-corrected chi connectivity index (χ0v) is 9.91. The number of aryl methyl sites for hydroxylation is 1. The number of piperidine rings is 1. The number of rotatable bonds is 5. The molecule has 0 aliphatic carbocycles. The third-order valence-electron chi connectivity index (χ3n) is 2.90. The van der Waals surface area contributed by atoms with Crippen molar-refractivity contribution < 1.29 is 4.42 Å². The monoisotopic (exact) mass is 224 g/mol. The van der Waals surface area contributed by atoms with Crippen LogP contribution in [-0.2, 0) is 6.54 Å². The molecule has 0 aromatic carbocycles. The molecule has 0 radical (unpaired) electrons. The maximum Gasteiger partial charge on any atom is 0.230 e. The third-order valence-corrected chi connectivity index (χ3v) is 2.90. The Labute approximate surface area is 96.2 Å². The smallest absolute Gasteiger partial charge is 0.230 e. The minimum absolute atomic E-state index is 0.632. The van der Waals surface area contributed by atoms with Crippen LogP contribution in [0.4, 0.5) is 0 Å². The normalized spacial score (nSPS) is 17.8. The first-order chi connectivity index (χ1) is 7.84. The molecule has 1 aromatic rings. The van der Waals surface area contributed by atoms with Crippen molar-refractivity contribution in [2.75, 3.05) is 26.2 Å². The van der Waals surface area contributed by atoms with E-state index in [2.05, 4.69) is 20.4 Å². The molecule has 2 heterocycles. The van der Waals surface area contributed by atoms with Gasteiger partial charge in [0.15, 0.2) is 0 Å². The average molecular weight is 224 g/mol. The number of nitrogens with one attached hydrogen (secondary N) is 1. The maximum absolute atomic E-state index is 5.28. The number of hydrogen-bond acceptors (Lipinski definition) is 5. The molecule has 0 amide bonds. The summed E-state index contributed by atoms with van der Waals surface area (Å²) in [5, 5.41) is 11.0. The molecule has 0 atom stereocenters. The Morgan fingerprint density at radius 1 is 1.25 bits per heavy atom. The number of likely N-dealkylation sites (tertiary alicyclic amines) is 1. The van der Waals surface area contributed by atoms with Gasteiger partial charge in [-0.2, -0.15) is 0 Å². The van der Waals surface area contributed by atoms with E-state index >= 15 is 0 Å². The predicted molar refractivity (Wildman–Crippen MR) is 61.0 cm³/mol. The fourth-order valence-corrected chi connectivity index (χ4v) is 2.02. The fourth-order valence-electron chi connectivity index (χ4n) is 2.02. The van der Waals surface area contributed by atoms with Gasteiger partial charge in [-0.05, 0) is 25.9 Å². The van der Waals surface area contributed by atoms with E-state index < -0.39 is 0 Å². The lowest BCUT2D eigenvalue weighted by Crippen LogP contribution is -2.35. The number of hydrogen-bond donors (Lipinski definition) is 1. The van der Waals surface area contributed by atoms with Crippen LogP contribution in [0.5, 0.6) is 0 Å². The first-order valence-corrected chi connectivity index (χ1v) is 6.06. The van der Waals surface area contributed by atoms with Crippen molar-refractivity contribution >= 4 is 0 Å². The van der Waals surface area contributed by atoms with Gasteiger partial charge < -0.3 is 14.6 Å². The summed E-state index contributed by atoms with van der Waals surface area (Å²) in [6.07, 6.45) is 4.09. The van der Waals surface area contributed by atoms with Crippen LogP contribution in [0.2, 0.25) is 0 Å². The zero-order valence-electron chi connectivity index (χ0n) is 9.91. The first-order valence-electron chi connectivity index (χ1n) is 6.06. The van der Waals surface area contributed by atoms with E-state index in [9.17, 15) is 0 Å². The highest BCUT2D eigenvalue weighted by molar-refractivity contribution is 4.78. The van der Waals surface area contributed by atoms with Gasteiger partial charge in [0.25, 0.3) is 0 Å². The Morgan fingerprint density at radius 3 is 2.75 bits per heavy atom. The van der Waals surface area contributed by atoms with Gasteiger partial charge in [0.1, 0.15) is 0 Å². The lowest BCUT2D eigenvalue weighted by Gasteiger charge is -2.26. The van der Waals surface area contributed by atoms with E-state index in [1.165, 1.54) is 32.4 Å². The van der Waals surface area contributed by atoms with E-state index in [1.807, 2.05) is 6.92 Å². The molecule has 0 spiro atoms. The molecule has 5 heteroatoms. The summed E-state index contributed by atoms with van der Waals surface area (Å²) >= 11 is 0. The summed E-state index contributed by atoms with van der Waals surface area (Å²) in [7, 11) is 0. The van der Waals surface area contributed by atoms with Crippen LogP contribution < -0.4 is 5.32 Å². The van der Waals surface area contributed by atoms with Gasteiger partial charge in [0.05, 0.1) is 6.54 Å². The summed E-state index contributed by atoms with van der Waals surface area (Å²) in [6.45, 7) is 7.09. The molecule has 1 aromatic heterocycles. The Balaban J connectivity index is 1.57. The predicted octanol–water partition coefficient (Wildman–Crippen LogP) is 0.954. The Kier molecular flexibility index (Phi) is 4.30. The van der Waals surface area contributed by atoms with Crippen LogP contribution in [0.15, 0.2) is 4.42 Å². The second-order valence-electron chi connectivity index (χ2n) is 4.29. The lowest BCUT2D eigenvalue weighted by molar-refractivity contribution is 0.228. The van der Waals surface area contributed by atoms with Crippen LogP contribution in [0.3, 0.4) is 0 Å². The van der Waals surface area contributed by atoms with Crippen molar-refractivity contribution in [2.24, 2.45) is 0 Å². The largest absolute Gasteiger partial charge is 0.424 e. The number of nitrogens with zero attached hydrogens (tertiary/aromatic N) is 3. The fraction of sp³-hybridized carbons (Fsp3) is 0.818. The molecule has 2 rings (SSSR count). The van der Waals surface area contributed by atoms with Crippen LogP contribution in [0, 0.1) is 6.92 Å². The third kappa shape index (κ3) is 3.57. The molecule has 90 valence electrons. The minimum Gasteiger partial charge on any atom is -0.424 e. The number of aromatic nitrogens is 2. The van der Waals surface area contributed by atoms with Gasteiger partial charge in [-0.25, -0.2) is 0 Å². The van der Waals surface area contributed by atoms with Crippen LogP contribution in [-0.4, -0.2) is 41.3 Å². The lowest BCUT2D eigenvalue weighted by atomic mass is 10.1. The van der Waals surface area contributed by atoms with E-state index in [0.29, 0.717) is 18.3 Å². The topological polar surface area (TPSA) is 54.2 Å².